The summed E-state index contributed by atoms with van der Waals surface area (Å²) in [5.74, 6) is 0.816. The average molecular weight is 227 g/mol. The first-order valence-electron chi connectivity index (χ1n) is 5.44. The van der Waals surface area contributed by atoms with Gasteiger partial charge in [-0.15, -0.1) is 0 Å². The van der Waals surface area contributed by atoms with E-state index >= 15 is 0 Å². The monoisotopic (exact) mass is 226 g/mol. The van der Waals surface area contributed by atoms with E-state index in [-0.39, 0.29) is 0 Å². The molecule has 0 fully saturated rings. The predicted octanol–water partition coefficient (Wildman–Crippen LogP) is 5.75. The molecule has 0 aliphatic rings. The molecule has 0 spiro atoms. The van der Waals surface area contributed by atoms with E-state index in [1.165, 1.54) is 23.8 Å². The smallest absolute Gasteiger partial charge is 0.0171 e. The van der Waals surface area contributed by atoms with E-state index in [9.17, 15) is 0 Å². The Kier molecular flexibility index (Phi) is 27.3. The molecule has 13 heavy (non-hydrogen) atoms. The van der Waals surface area contributed by atoms with Crippen LogP contribution in [0.3, 0.4) is 0 Å². The molecule has 0 saturated carbocycles. The zero-order chi connectivity index (χ0) is 11.3. The predicted molar refractivity (Wildman–Crippen MR) is 69.7 cm³/mol. The maximum atomic E-state index is 5.55. The van der Waals surface area contributed by atoms with Gasteiger partial charge in [-0.1, -0.05) is 59.4 Å². The van der Waals surface area contributed by atoms with E-state index in [0.717, 1.165) is 5.92 Å². The first-order chi connectivity index (χ1) is 6.16. The fourth-order valence-electron chi connectivity index (χ4n) is 0.613. The van der Waals surface area contributed by atoms with Gasteiger partial charge in [-0.2, -0.15) is 0 Å². The van der Waals surface area contributed by atoms with Crippen LogP contribution in [-0.2, 0) is 0 Å². The van der Waals surface area contributed by atoms with Crippen LogP contribution in [0.25, 0.3) is 0 Å². The topological polar surface area (TPSA) is 0 Å². The minimum absolute atomic E-state index is 0.620. The van der Waals surface area contributed by atoms with Crippen LogP contribution in [0.1, 0.15) is 61.3 Å². The van der Waals surface area contributed by atoms with E-state index < -0.39 is 0 Å². The molecule has 0 radical (unpaired) electrons. The molecule has 0 aliphatic carbocycles. The fraction of sp³-hybridized carbons (Fsp3) is 1.00. The van der Waals surface area contributed by atoms with Crippen molar-refractivity contribution < 1.29 is 0 Å². The van der Waals surface area contributed by atoms with Crippen molar-refractivity contribution in [1.29, 1.82) is 0 Å². The summed E-state index contributed by atoms with van der Waals surface area (Å²) in [6.07, 6.45) is 2.53. The third-order valence-electron chi connectivity index (χ3n) is 1.30. The number of rotatable bonds is 4. The highest BCUT2D eigenvalue weighted by Crippen LogP contribution is 2.21. The van der Waals surface area contributed by atoms with Gasteiger partial charge >= 0.3 is 0 Å². The molecular formula is C11H27ClS. The molecule has 1 atom stereocenters. The molecule has 0 aromatic carbocycles. The Labute approximate surface area is 94.3 Å². The number of hydrogen-bond acceptors (Lipinski definition) is 1. The van der Waals surface area contributed by atoms with E-state index in [1.807, 2.05) is 27.7 Å². The van der Waals surface area contributed by atoms with E-state index in [2.05, 4.69) is 20.8 Å². The van der Waals surface area contributed by atoms with Crippen molar-refractivity contribution in [3.63, 3.8) is 0 Å². The van der Waals surface area contributed by atoms with Crippen LogP contribution in [0.15, 0.2) is 0 Å². The lowest BCUT2D eigenvalue weighted by Crippen LogP contribution is -1.96. The molecule has 0 heterocycles. The van der Waals surface area contributed by atoms with Gasteiger partial charge in [-0.05, 0) is 29.4 Å². The summed E-state index contributed by atoms with van der Waals surface area (Å²) < 4.78 is 0. The summed E-state index contributed by atoms with van der Waals surface area (Å²) in [5.41, 5.74) is 0. The fourth-order valence-corrected chi connectivity index (χ4v) is 1.11. The highest BCUT2D eigenvalue weighted by molar-refractivity contribution is 8.21. The Morgan fingerprint density at radius 3 is 1.54 bits per heavy atom. The molecule has 0 saturated heterocycles. The van der Waals surface area contributed by atoms with E-state index in [1.54, 1.807) is 0 Å². The Bertz CT molecular complexity index is 65.1. The van der Waals surface area contributed by atoms with Crippen LogP contribution in [0.5, 0.6) is 0 Å². The van der Waals surface area contributed by atoms with Gasteiger partial charge in [-0.3, -0.25) is 0 Å². The summed E-state index contributed by atoms with van der Waals surface area (Å²) in [5, 5.41) is 0.620. The number of hydrogen-bond donors (Lipinski definition) is 0. The van der Waals surface area contributed by atoms with Gasteiger partial charge in [0, 0.05) is 5.25 Å². The van der Waals surface area contributed by atoms with Crippen LogP contribution < -0.4 is 0 Å². The van der Waals surface area contributed by atoms with E-state index in [0.29, 0.717) is 5.25 Å². The summed E-state index contributed by atoms with van der Waals surface area (Å²) in [7, 11) is 6.99. The van der Waals surface area contributed by atoms with Gasteiger partial charge in [0.15, 0.2) is 0 Å². The van der Waals surface area contributed by atoms with Gasteiger partial charge in [0.1, 0.15) is 0 Å². The average Bonchev–Trinajstić information content (AvgIpc) is 2.20. The molecule has 0 aliphatic heterocycles. The number of halogens is 1. The molecule has 0 aromatic rings. The molecule has 84 valence electrons. The molecular weight excluding hydrogens is 200 g/mol. The quantitative estimate of drug-likeness (QED) is 0.588. The molecule has 0 nitrogen and oxygen atoms in total. The first kappa shape index (κ1) is 19.2. The minimum Gasteiger partial charge on any atom is -0.0683 e. The summed E-state index contributed by atoms with van der Waals surface area (Å²) in [6, 6.07) is 0. The lowest BCUT2D eigenvalue weighted by molar-refractivity contribution is 0.555. The minimum atomic E-state index is 0.620. The van der Waals surface area contributed by atoms with Gasteiger partial charge < -0.3 is 0 Å². The van der Waals surface area contributed by atoms with Gasteiger partial charge in [0.25, 0.3) is 0 Å². The second-order valence-electron chi connectivity index (χ2n) is 2.87. The second-order valence-corrected chi connectivity index (χ2v) is 4.39. The highest BCUT2D eigenvalue weighted by atomic mass is 35.7. The maximum Gasteiger partial charge on any atom is 0.0171 e. The van der Waals surface area contributed by atoms with Crippen LogP contribution in [-0.4, -0.2) is 5.25 Å². The van der Waals surface area contributed by atoms with Crippen molar-refractivity contribution in [2.45, 2.75) is 66.6 Å². The highest BCUT2D eigenvalue weighted by Gasteiger charge is 2.01. The van der Waals surface area contributed by atoms with Crippen molar-refractivity contribution in [3.8, 4) is 0 Å². The summed E-state index contributed by atoms with van der Waals surface area (Å²) in [4.78, 5) is 0. The van der Waals surface area contributed by atoms with Crippen LogP contribution in [0, 0.1) is 5.92 Å². The second kappa shape index (κ2) is 18.4. The van der Waals surface area contributed by atoms with Gasteiger partial charge in [-0.25, -0.2) is 0 Å². The van der Waals surface area contributed by atoms with Crippen molar-refractivity contribution in [1.82, 2.24) is 0 Å². The standard InChI is InChI=1S/C7H15ClS.2C2H6/c1-6(2)4-5-7(3)9-8;2*1-2/h6-7H,4-5H2,1-3H3;2*1-2H3. The SMILES string of the molecule is CC.CC.CC(C)CCC(C)SCl. The third kappa shape index (κ3) is 24.5. The van der Waals surface area contributed by atoms with Crippen LogP contribution in [0.2, 0.25) is 0 Å². The van der Waals surface area contributed by atoms with Crippen molar-refractivity contribution in [2.24, 2.45) is 5.92 Å². The Hall–Kier alpha value is 0.640. The molecule has 0 bridgehead atoms. The first-order valence-corrected chi connectivity index (χ1v) is 7.14. The molecule has 0 amide bonds. The normalized spacial score (nSPS) is 10.8. The Morgan fingerprint density at radius 1 is 0.923 bits per heavy atom. The van der Waals surface area contributed by atoms with Gasteiger partial charge in [0.05, 0.1) is 0 Å². The zero-order valence-electron chi connectivity index (χ0n) is 10.4. The summed E-state index contributed by atoms with van der Waals surface area (Å²) >= 11 is 0. The largest absolute Gasteiger partial charge is 0.0683 e. The third-order valence-corrected chi connectivity index (χ3v) is 2.75. The molecule has 0 aromatic heterocycles. The molecule has 0 N–H and O–H groups in total. The Morgan fingerprint density at radius 2 is 1.31 bits per heavy atom. The van der Waals surface area contributed by atoms with Crippen molar-refractivity contribution in [2.75, 3.05) is 0 Å². The maximum absolute atomic E-state index is 5.55. The lowest BCUT2D eigenvalue weighted by atomic mass is 10.1. The zero-order valence-corrected chi connectivity index (χ0v) is 11.9. The van der Waals surface area contributed by atoms with Crippen molar-refractivity contribution in [3.05, 3.63) is 0 Å². The molecule has 0 rings (SSSR count). The molecule has 1 unspecified atom stereocenters. The van der Waals surface area contributed by atoms with Gasteiger partial charge in [0.2, 0.25) is 0 Å². The van der Waals surface area contributed by atoms with Crippen molar-refractivity contribution >= 4 is 21.7 Å². The van der Waals surface area contributed by atoms with E-state index in [4.69, 9.17) is 10.7 Å². The van der Waals surface area contributed by atoms with Crippen LogP contribution in [0.4, 0.5) is 0 Å². The Balaban J connectivity index is -0.000000218. The molecule has 2 heteroatoms. The van der Waals surface area contributed by atoms with Crippen LogP contribution >= 0.6 is 21.7 Å². The summed E-state index contributed by atoms with van der Waals surface area (Å²) in [6.45, 7) is 14.7. The lowest BCUT2D eigenvalue weighted by Gasteiger charge is -2.07.